The van der Waals surface area contributed by atoms with Crippen molar-refractivity contribution < 1.29 is 23.7 Å². The Morgan fingerprint density at radius 2 is 1.97 bits per heavy atom. The molecule has 1 aliphatic heterocycles. The molecule has 1 fully saturated rings. The second kappa shape index (κ2) is 11.1. The number of hydrogen-bond acceptors (Lipinski definition) is 8. The number of ether oxygens (including phenoxy) is 4. The summed E-state index contributed by atoms with van der Waals surface area (Å²) in [6, 6.07) is 13.2. The number of hydrogen-bond donors (Lipinski definition) is 0. The van der Waals surface area contributed by atoms with E-state index in [1.807, 2.05) is 47.4 Å². The van der Waals surface area contributed by atoms with E-state index in [0.717, 1.165) is 16.3 Å². The van der Waals surface area contributed by atoms with E-state index in [-0.39, 0.29) is 12.0 Å². The molecule has 33 heavy (non-hydrogen) atoms. The van der Waals surface area contributed by atoms with Crippen molar-refractivity contribution in [1.29, 1.82) is 0 Å². The minimum Gasteiger partial charge on any atom is -0.493 e. The summed E-state index contributed by atoms with van der Waals surface area (Å²) in [6.07, 6.45) is 2.95. The van der Waals surface area contributed by atoms with Gasteiger partial charge >= 0.3 is 0 Å². The van der Waals surface area contributed by atoms with Gasteiger partial charge in [0.05, 0.1) is 38.8 Å². The molecule has 2 heterocycles. The van der Waals surface area contributed by atoms with Gasteiger partial charge in [-0.2, -0.15) is 5.10 Å². The van der Waals surface area contributed by atoms with E-state index in [4.69, 9.17) is 18.9 Å². The molecule has 1 amide bonds. The summed E-state index contributed by atoms with van der Waals surface area (Å²) in [6.45, 7) is 1.94. The van der Waals surface area contributed by atoms with Gasteiger partial charge in [-0.3, -0.25) is 4.79 Å². The highest BCUT2D eigenvalue weighted by atomic mass is 32.2. The zero-order chi connectivity index (χ0) is 23.0. The molecule has 0 N–H and O–H groups in total. The van der Waals surface area contributed by atoms with Gasteiger partial charge in [0.2, 0.25) is 5.91 Å². The number of carbonyl (C=O) groups excluding carboxylic acids is 1. The van der Waals surface area contributed by atoms with Gasteiger partial charge in [-0.25, -0.2) is 9.67 Å². The number of morpholine rings is 1. The minimum atomic E-state index is -0.177. The zero-order valence-electron chi connectivity index (χ0n) is 18.5. The lowest BCUT2D eigenvalue weighted by Gasteiger charge is -2.32. The summed E-state index contributed by atoms with van der Waals surface area (Å²) in [5.41, 5.74) is 0.900. The van der Waals surface area contributed by atoms with Gasteiger partial charge in [-0.05, 0) is 42.5 Å². The smallest absolute Gasteiger partial charge is 0.233 e. The van der Waals surface area contributed by atoms with Gasteiger partial charge in [0.15, 0.2) is 11.5 Å². The van der Waals surface area contributed by atoms with Crippen molar-refractivity contribution in [3.63, 3.8) is 0 Å². The van der Waals surface area contributed by atoms with Gasteiger partial charge in [0.1, 0.15) is 31.1 Å². The monoisotopic (exact) mass is 470 g/mol. The van der Waals surface area contributed by atoms with Crippen LogP contribution in [0.15, 0.2) is 60.0 Å². The Morgan fingerprint density at radius 3 is 2.70 bits per heavy atom. The van der Waals surface area contributed by atoms with Gasteiger partial charge in [-0.15, -0.1) is 11.8 Å². The maximum Gasteiger partial charge on any atom is 0.233 e. The standard InChI is InChI=1S/C23H26N4O5S/c1-29-21-8-7-20(11-22(21)30-2)33-14-23(28)26-9-10-31-19(12-26)13-32-18-5-3-17(4-6-18)27-16-24-15-25-27/h3-8,11,15-16,19H,9-10,12-14H2,1-2H3. The van der Waals surface area contributed by atoms with Crippen LogP contribution in [0.5, 0.6) is 17.2 Å². The van der Waals surface area contributed by atoms with E-state index < -0.39 is 0 Å². The van der Waals surface area contributed by atoms with Crippen molar-refractivity contribution in [3.05, 3.63) is 55.1 Å². The molecule has 0 saturated carbocycles. The van der Waals surface area contributed by atoms with Gasteiger partial charge in [0, 0.05) is 11.4 Å². The maximum atomic E-state index is 12.8. The van der Waals surface area contributed by atoms with E-state index in [1.54, 1.807) is 25.2 Å². The molecule has 1 aliphatic rings. The van der Waals surface area contributed by atoms with Crippen LogP contribution in [0.1, 0.15) is 0 Å². The summed E-state index contributed by atoms with van der Waals surface area (Å²) in [5.74, 6) is 2.45. The van der Waals surface area contributed by atoms with Crippen molar-refractivity contribution in [2.24, 2.45) is 0 Å². The number of carbonyl (C=O) groups is 1. The Labute approximate surface area is 196 Å². The largest absolute Gasteiger partial charge is 0.493 e. The molecular formula is C23H26N4O5S. The fourth-order valence-corrected chi connectivity index (χ4v) is 4.24. The van der Waals surface area contributed by atoms with E-state index in [2.05, 4.69) is 10.1 Å². The number of thioether (sulfide) groups is 1. The molecule has 10 heteroatoms. The summed E-state index contributed by atoms with van der Waals surface area (Å²) in [7, 11) is 3.19. The summed E-state index contributed by atoms with van der Waals surface area (Å²) in [4.78, 5) is 19.5. The first-order valence-corrected chi connectivity index (χ1v) is 11.5. The first kappa shape index (κ1) is 22.9. The second-order valence-corrected chi connectivity index (χ2v) is 8.33. The Morgan fingerprint density at radius 1 is 1.15 bits per heavy atom. The van der Waals surface area contributed by atoms with Crippen LogP contribution in [-0.4, -0.2) is 78.0 Å². The van der Waals surface area contributed by atoms with E-state index in [1.165, 1.54) is 18.1 Å². The topological polar surface area (TPSA) is 87.9 Å². The lowest BCUT2D eigenvalue weighted by atomic mass is 10.2. The number of nitrogens with zero attached hydrogens (tertiary/aromatic N) is 4. The van der Waals surface area contributed by atoms with Crippen molar-refractivity contribution in [2.75, 3.05) is 46.3 Å². The lowest BCUT2D eigenvalue weighted by Crippen LogP contribution is -2.48. The third-order valence-electron chi connectivity index (χ3n) is 5.16. The molecule has 0 spiro atoms. The zero-order valence-corrected chi connectivity index (χ0v) is 19.4. The van der Waals surface area contributed by atoms with Crippen LogP contribution in [0.2, 0.25) is 0 Å². The molecule has 1 aromatic heterocycles. The Balaban J connectivity index is 1.25. The molecule has 0 radical (unpaired) electrons. The SMILES string of the molecule is COc1ccc(SCC(=O)N2CCOC(COc3ccc(-n4cncn4)cc3)C2)cc1OC. The van der Waals surface area contributed by atoms with Crippen LogP contribution in [0, 0.1) is 0 Å². The van der Waals surface area contributed by atoms with E-state index in [9.17, 15) is 4.79 Å². The third-order valence-corrected chi connectivity index (χ3v) is 6.14. The number of aromatic nitrogens is 3. The second-order valence-electron chi connectivity index (χ2n) is 7.28. The number of amides is 1. The van der Waals surface area contributed by atoms with Crippen LogP contribution in [0.4, 0.5) is 0 Å². The quantitative estimate of drug-likeness (QED) is 0.441. The Hall–Kier alpha value is -3.24. The van der Waals surface area contributed by atoms with Crippen LogP contribution in [0.3, 0.4) is 0 Å². The first-order valence-electron chi connectivity index (χ1n) is 10.5. The summed E-state index contributed by atoms with van der Waals surface area (Å²) < 4.78 is 24.0. The van der Waals surface area contributed by atoms with E-state index in [0.29, 0.717) is 43.6 Å². The molecule has 174 valence electrons. The highest BCUT2D eigenvalue weighted by Crippen LogP contribution is 2.32. The molecule has 9 nitrogen and oxygen atoms in total. The lowest BCUT2D eigenvalue weighted by molar-refractivity contribution is -0.137. The highest BCUT2D eigenvalue weighted by Gasteiger charge is 2.25. The third kappa shape index (κ3) is 5.96. The molecule has 1 atom stereocenters. The fraction of sp³-hybridized carbons (Fsp3) is 0.348. The van der Waals surface area contributed by atoms with Crippen LogP contribution < -0.4 is 14.2 Å². The Kier molecular flexibility index (Phi) is 7.69. The molecule has 0 bridgehead atoms. The number of methoxy groups -OCH3 is 2. The molecule has 1 saturated heterocycles. The highest BCUT2D eigenvalue weighted by molar-refractivity contribution is 8.00. The molecule has 3 aromatic rings. The molecule has 1 unspecified atom stereocenters. The van der Waals surface area contributed by atoms with Crippen LogP contribution in [0.25, 0.3) is 5.69 Å². The van der Waals surface area contributed by atoms with Crippen LogP contribution >= 0.6 is 11.8 Å². The molecule has 4 rings (SSSR count). The number of rotatable bonds is 9. The van der Waals surface area contributed by atoms with Crippen molar-refractivity contribution in [1.82, 2.24) is 19.7 Å². The average molecular weight is 471 g/mol. The van der Waals surface area contributed by atoms with Crippen molar-refractivity contribution >= 4 is 17.7 Å². The minimum absolute atomic E-state index is 0.0697. The Bertz CT molecular complexity index is 1050. The maximum absolute atomic E-state index is 12.8. The predicted octanol–water partition coefficient (Wildman–Crippen LogP) is 2.68. The van der Waals surface area contributed by atoms with Gasteiger partial charge < -0.3 is 23.8 Å². The van der Waals surface area contributed by atoms with Gasteiger partial charge in [0.25, 0.3) is 0 Å². The van der Waals surface area contributed by atoms with Crippen molar-refractivity contribution in [3.8, 4) is 22.9 Å². The summed E-state index contributed by atoms with van der Waals surface area (Å²) >= 11 is 1.47. The summed E-state index contributed by atoms with van der Waals surface area (Å²) in [5, 5.41) is 4.10. The molecule has 0 aliphatic carbocycles. The number of benzene rings is 2. The average Bonchev–Trinajstić information content (AvgIpc) is 3.41. The normalized spacial score (nSPS) is 15.8. The van der Waals surface area contributed by atoms with Crippen LogP contribution in [-0.2, 0) is 9.53 Å². The van der Waals surface area contributed by atoms with Gasteiger partial charge in [-0.1, -0.05) is 0 Å². The molecule has 2 aromatic carbocycles. The van der Waals surface area contributed by atoms with E-state index >= 15 is 0 Å². The van der Waals surface area contributed by atoms with Crippen molar-refractivity contribution in [2.45, 2.75) is 11.0 Å². The molecular weight excluding hydrogens is 444 g/mol. The fourth-order valence-electron chi connectivity index (χ4n) is 3.42. The first-order chi connectivity index (χ1) is 16.2. The predicted molar refractivity (Wildman–Crippen MR) is 123 cm³/mol.